The summed E-state index contributed by atoms with van der Waals surface area (Å²) in [5, 5.41) is 7.74. The van der Waals surface area contributed by atoms with Crippen LogP contribution in [0.1, 0.15) is 62.3 Å². The minimum absolute atomic E-state index is 0.0989. The maximum Gasteiger partial charge on any atom is 0.163 e. The molecular weight excluding hydrogens is 456 g/mol. The van der Waals surface area contributed by atoms with Gasteiger partial charge < -0.3 is 15.4 Å². The SMILES string of the molecule is COc1ccc(C2Nc3ccccc3NC3=C2C(=O)CC(c2ccc(C(C)(C)C)cc2)C3)cc1Cl. The standard InChI is InChI=1S/C30H31ClN2O2/c1-30(2,3)21-12-9-18(10-13-21)20-16-25-28(26(34)17-20)29(19-11-14-27(35-4)22(31)15-19)33-24-8-6-5-7-23(24)32-25/h5-15,20,29,32-33H,16-17H2,1-4H3. The molecule has 0 saturated carbocycles. The van der Waals surface area contributed by atoms with Crippen molar-refractivity contribution in [2.75, 3.05) is 17.7 Å². The molecule has 0 spiro atoms. The molecular formula is C30H31ClN2O2. The van der Waals surface area contributed by atoms with Gasteiger partial charge in [-0.25, -0.2) is 0 Å². The predicted molar refractivity (Wildman–Crippen MR) is 144 cm³/mol. The lowest BCUT2D eigenvalue weighted by Crippen LogP contribution is -2.27. The molecule has 0 amide bonds. The number of hydrogen-bond donors (Lipinski definition) is 2. The smallest absolute Gasteiger partial charge is 0.163 e. The maximum atomic E-state index is 13.7. The van der Waals surface area contributed by atoms with Gasteiger partial charge in [0, 0.05) is 17.7 Å². The van der Waals surface area contributed by atoms with Crippen molar-refractivity contribution in [2.24, 2.45) is 0 Å². The van der Waals surface area contributed by atoms with Gasteiger partial charge in [-0.3, -0.25) is 4.79 Å². The van der Waals surface area contributed by atoms with Crippen LogP contribution >= 0.6 is 11.6 Å². The van der Waals surface area contributed by atoms with Gasteiger partial charge in [0.05, 0.1) is 29.5 Å². The number of carbonyl (C=O) groups excluding carboxylic acids is 1. The van der Waals surface area contributed by atoms with Gasteiger partial charge in [0.15, 0.2) is 5.78 Å². The Morgan fingerprint density at radius 2 is 1.60 bits per heavy atom. The molecule has 2 unspecified atom stereocenters. The normalized spacial score (nSPS) is 19.7. The molecule has 0 radical (unpaired) electrons. The second-order valence-electron chi connectivity index (χ2n) is 10.4. The van der Waals surface area contributed by atoms with Gasteiger partial charge >= 0.3 is 0 Å². The molecule has 180 valence electrons. The Morgan fingerprint density at radius 1 is 0.914 bits per heavy atom. The molecule has 0 fully saturated rings. The Kier molecular flexibility index (Phi) is 6.10. The summed E-state index contributed by atoms with van der Waals surface area (Å²) in [4.78, 5) is 13.7. The highest BCUT2D eigenvalue weighted by molar-refractivity contribution is 6.32. The van der Waals surface area contributed by atoms with Crippen LogP contribution in [0.25, 0.3) is 0 Å². The molecule has 1 heterocycles. The molecule has 0 bridgehead atoms. The Labute approximate surface area is 212 Å². The molecule has 5 rings (SSSR count). The Bertz CT molecular complexity index is 1300. The summed E-state index contributed by atoms with van der Waals surface area (Å²) in [6.07, 6.45) is 1.25. The number of anilines is 2. The summed E-state index contributed by atoms with van der Waals surface area (Å²) in [7, 11) is 1.60. The molecule has 1 aliphatic carbocycles. The van der Waals surface area contributed by atoms with E-state index in [1.165, 1.54) is 11.1 Å². The van der Waals surface area contributed by atoms with E-state index in [1.54, 1.807) is 7.11 Å². The molecule has 0 saturated heterocycles. The molecule has 5 heteroatoms. The van der Waals surface area contributed by atoms with E-state index < -0.39 is 0 Å². The summed E-state index contributed by atoms with van der Waals surface area (Å²) >= 11 is 6.48. The predicted octanol–water partition coefficient (Wildman–Crippen LogP) is 7.63. The second-order valence-corrected chi connectivity index (χ2v) is 10.8. The van der Waals surface area contributed by atoms with Crippen LogP contribution in [0, 0.1) is 0 Å². The van der Waals surface area contributed by atoms with Crippen molar-refractivity contribution in [3.8, 4) is 5.75 Å². The van der Waals surface area contributed by atoms with Crippen LogP contribution in [0.4, 0.5) is 11.4 Å². The molecule has 3 aromatic carbocycles. The number of para-hydroxylation sites is 2. The highest BCUT2D eigenvalue weighted by Crippen LogP contribution is 2.45. The van der Waals surface area contributed by atoms with E-state index in [1.807, 2.05) is 42.5 Å². The van der Waals surface area contributed by atoms with E-state index in [2.05, 4.69) is 55.7 Å². The molecule has 35 heavy (non-hydrogen) atoms. The van der Waals surface area contributed by atoms with E-state index in [0.29, 0.717) is 17.2 Å². The van der Waals surface area contributed by atoms with Gasteiger partial charge in [0.2, 0.25) is 0 Å². The molecule has 2 atom stereocenters. The average molecular weight is 487 g/mol. The molecule has 0 aromatic heterocycles. The minimum atomic E-state index is -0.304. The number of rotatable bonds is 3. The first-order valence-electron chi connectivity index (χ1n) is 12.1. The average Bonchev–Trinajstić information content (AvgIpc) is 3.00. The number of methoxy groups -OCH3 is 1. The Hall–Kier alpha value is -3.24. The van der Waals surface area contributed by atoms with Gasteiger partial charge in [0.25, 0.3) is 0 Å². The van der Waals surface area contributed by atoms with Crippen LogP contribution in [0.2, 0.25) is 5.02 Å². The zero-order chi connectivity index (χ0) is 24.7. The third-order valence-electron chi connectivity index (χ3n) is 7.07. The topological polar surface area (TPSA) is 50.4 Å². The number of fused-ring (bicyclic) bond motifs is 1. The molecule has 3 aromatic rings. The third kappa shape index (κ3) is 4.55. The quantitative estimate of drug-likeness (QED) is 0.399. The number of allylic oxidation sites excluding steroid dienone is 1. The summed E-state index contributed by atoms with van der Waals surface area (Å²) in [5.41, 5.74) is 7.21. The van der Waals surface area contributed by atoms with Crippen molar-refractivity contribution < 1.29 is 9.53 Å². The van der Waals surface area contributed by atoms with Crippen molar-refractivity contribution in [3.63, 3.8) is 0 Å². The molecule has 1 aliphatic heterocycles. The van der Waals surface area contributed by atoms with Crippen molar-refractivity contribution in [1.82, 2.24) is 0 Å². The Morgan fingerprint density at radius 3 is 2.26 bits per heavy atom. The molecule has 2 aliphatic rings. The number of Topliss-reactive ketones (excluding diaryl/α,β-unsaturated/α-hetero) is 1. The van der Waals surface area contributed by atoms with Crippen LogP contribution < -0.4 is 15.4 Å². The van der Waals surface area contributed by atoms with Crippen molar-refractivity contribution in [1.29, 1.82) is 0 Å². The Balaban J connectivity index is 1.55. The summed E-state index contributed by atoms with van der Waals surface area (Å²) in [6, 6.07) is 22.3. The van der Waals surface area contributed by atoms with Crippen LogP contribution in [-0.4, -0.2) is 12.9 Å². The van der Waals surface area contributed by atoms with Crippen molar-refractivity contribution >= 4 is 28.8 Å². The summed E-state index contributed by atoms with van der Waals surface area (Å²) in [6.45, 7) is 6.65. The fourth-order valence-electron chi connectivity index (χ4n) is 5.10. The van der Waals surface area contributed by atoms with Gasteiger partial charge in [-0.05, 0) is 58.7 Å². The van der Waals surface area contributed by atoms with Crippen LogP contribution in [0.15, 0.2) is 78.0 Å². The summed E-state index contributed by atoms with van der Waals surface area (Å²) in [5.74, 6) is 0.902. The fraction of sp³-hybridized carbons (Fsp3) is 0.300. The first-order valence-corrected chi connectivity index (χ1v) is 12.4. The van der Waals surface area contributed by atoms with Gasteiger partial charge in [0.1, 0.15) is 5.75 Å². The zero-order valence-corrected chi connectivity index (χ0v) is 21.4. The number of nitrogens with one attached hydrogen (secondary N) is 2. The molecule has 2 N–H and O–H groups in total. The van der Waals surface area contributed by atoms with E-state index >= 15 is 0 Å². The van der Waals surface area contributed by atoms with Gasteiger partial charge in [-0.2, -0.15) is 0 Å². The lowest BCUT2D eigenvalue weighted by molar-refractivity contribution is -0.116. The third-order valence-corrected chi connectivity index (χ3v) is 7.36. The highest BCUT2D eigenvalue weighted by atomic mass is 35.5. The van der Waals surface area contributed by atoms with Crippen LogP contribution in [0.5, 0.6) is 5.75 Å². The number of ether oxygens (including phenoxy) is 1. The first-order chi connectivity index (χ1) is 16.7. The second kappa shape index (κ2) is 9.09. The van der Waals surface area contributed by atoms with E-state index in [0.717, 1.165) is 34.6 Å². The summed E-state index contributed by atoms with van der Waals surface area (Å²) < 4.78 is 5.34. The number of carbonyl (C=O) groups is 1. The van der Waals surface area contributed by atoms with Gasteiger partial charge in [-0.1, -0.05) is 74.8 Å². The largest absolute Gasteiger partial charge is 0.495 e. The number of halogens is 1. The lowest BCUT2D eigenvalue weighted by Gasteiger charge is -2.30. The monoisotopic (exact) mass is 486 g/mol. The van der Waals surface area contributed by atoms with Crippen LogP contribution in [0.3, 0.4) is 0 Å². The maximum absolute atomic E-state index is 13.7. The van der Waals surface area contributed by atoms with E-state index in [4.69, 9.17) is 16.3 Å². The highest BCUT2D eigenvalue weighted by Gasteiger charge is 2.36. The first kappa shape index (κ1) is 23.5. The van der Waals surface area contributed by atoms with E-state index in [9.17, 15) is 4.79 Å². The number of ketones is 1. The van der Waals surface area contributed by atoms with Crippen molar-refractivity contribution in [2.45, 2.75) is 51.0 Å². The molecule has 4 nitrogen and oxygen atoms in total. The number of benzene rings is 3. The van der Waals surface area contributed by atoms with E-state index in [-0.39, 0.29) is 23.2 Å². The lowest BCUT2D eigenvalue weighted by atomic mass is 9.77. The fourth-order valence-corrected chi connectivity index (χ4v) is 5.36. The number of hydrogen-bond acceptors (Lipinski definition) is 4. The zero-order valence-electron chi connectivity index (χ0n) is 20.6. The van der Waals surface area contributed by atoms with Gasteiger partial charge in [-0.15, -0.1) is 0 Å². The van der Waals surface area contributed by atoms with Crippen LogP contribution in [-0.2, 0) is 10.2 Å². The van der Waals surface area contributed by atoms with Crippen molar-refractivity contribution in [3.05, 3.63) is 99.7 Å². The minimum Gasteiger partial charge on any atom is -0.495 e.